The van der Waals surface area contributed by atoms with E-state index in [4.69, 9.17) is 11.6 Å². The molecule has 0 aliphatic heterocycles. The van der Waals surface area contributed by atoms with Crippen molar-refractivity contribution in [2.45, 2.75) is 0 Å². The van der Waals surface area contributed by atoms with Crippen LogP contribution in [0.5, 0.6) is 0 Å². The van der Waals surface area contributed by atoms with Crippen molar-refractivity contribution in [2.24, 2.45) is 7.05 Å². The number of ether oxygens (including phenoxy) is 1. The molecule has 122 valence electrons. The highest BCUT2D eigenvalue weighted by molar-refractivity contribution is 6.31. The number of halogens is 1. The first-order chi connectivity index (χ1) is 11.5. The van der Waals surface area contributed by atoms with E-state index in [1.807, 2.05) is 12.1 Å². The second-order valence-electron chi connectivity index (χ2n) is 5.32. The zero-order chi connectivity index (χ0) is 17.3. The molecular weight excluding hydrogens is 328 g/mol. The average molecular weight is 343 g/mol. The average Bonchev–Trinajstić information content (AvgIpc) is 2.91. The van der Waals surface area contributed by atoms with E-state index < -0.39 is 5.97 Å². The van der Waals surface area contributed by atoms with Crippen LogP contribution < -0.4 is 5.32 Å². The van der Waals surface area contributed by atoms with Gasteiger partial charge in [-0.3, -0.25) is 4.79 Å². The first-order valence-electron chi connectivity index (χ1n) is 7.24. The van der Waals surface area contributed by atoms with Crippen LogP contribution >= 0.6 is 11.6 Å². The minimum absolute atomic E-state index is 0.271. The number of nitrogens with one attached hydrogen (secondary N) is 1. The molecule has 0 aliphatic carbocycles. The minimum Gasteiger partial charge on any atom is -0.465 e. The Bertz CT molecular complexity index is 947. The fraction of sp³-hybridized carbons (Fsp3) is 0.111. The lowest BCUT2D eigenvalue weighted by Crippen LogP contribution is -2.16. The smallest absolute Gasteiger partial charge is 0.337 e. The fourth-order valence-electron chi connectivity index (χ4n) is 2.56. The van der Waals surface area contributed by atoms with Gasteiger partial charge in [-0.05, 0) is 36.4 Å². The molecule has 0 unspecified atom stereocenters. The third kappa shape index (κ3) is 2.98. The second kappa shape index (κ2) is 6.37. The van der Waals surface area contributed by atoms with Crippen molar-refractivity contribution in [3.05, 3.63) is 64.8 Å². The Morgan fingerprint density at radius 3 is 2.67 bits per heavy atom. The number of methoxy groups -OCH3 is 1. The van der Waals surface area contributed by atoms with Crippen molar-refractivity contribution >= 4 is 40.1 Å². The van der Waals surface area contributed by atoms with E-state index in [1.165, 1.54) is 7.11 Å². The first-order valence-corrected chi connectivity index (χ1v) is 7.62. The summed E-state index contributed by atoms with van der Waals surface area (Å²) < 4.78 is 6.46. The lowest BCUT2D eigenvalue weighted by atomic mass is 10.2. The summed E-state index contributed by atoms with van der Waals surface area (Å²) in [5, 5.41) is 4.33. The van der Waals surface area contributed by atoms with E-state index in [1.54, 1.807) is 48.0 Å². The topological polar surface area (TPSA) is 60.3 Å². The molecule has 1 heterocycles. The number of carbonyl (C=O) groups excluding carboxylic acids is 2. The highest BCUT2D eigenvalue weighted by atomic mass is 35.5. The van der Waals surface area contributed by atoms with Gasteiger partial charge in [0.25, 0.3) is 5.91 Å². The Balaban J connectivity index is 1.90. The monoisotopic (exact) mass is 342 g/mol. The van der Waals surface area contributed by atoms with Crippen LogP contribution in [0.25, 0.3) is 10.9 Å². The molecule has 5 nitrogen and oxygen atoms in total. The lowest BCUT2D eigenvalue weighted by molar-refractivity contribution is 0.0600. The molecule has 6 heteroatoms. The maximum absolute atomic E-state index is 12.6. The number of nitrogens with zero attached hydrogens (tertiary/aromatic N) is 1. The molecule has 0 aliphatic rings. The maximum atomic E-state index is 12.6. The number of esters is 1. The van der Waals surface area contributed by atoms with E-state index in [9.17, 15) is 9.59 Å². The number of aryl methyl sites for hydroxylation is 1. The number of rotatable bonds is 3. The van der Waals surface area contributed by atoms with Crippen LogP contribution in [0, 0.1) is 0 Å². The molecule has 3 rings (SSSR count). The molecule has 3 aromatic rings. The Morgan fingerprint density at radius 1 is 1.12 bits per heavy atom. The van der Waals surface area contributed by atoms with E-state index in [0.717, 1.165) is 10.9 Å². The molecule has 0 bridgehead atoms. The first kappa shape index (κ1) is 16.1. The maximum Gasteiger partial charge on any atom is 0.337 e. The van der Waals surface area contributed by atoms with Gasteiger partial charge in [-0.25, -0.2) is 4.79 Å². The van der Waals surface area contributed by atoms with Crippen LogP contribution in [0.4, 0.5) is 5.69 Å². The molecule has 0 saturated heterocycles. The third-order valence-corrected chi connectivity index (χ3v) is 4.02. The summed E-state index contributed by atoms with van der Waals surface area (Å²) in [6, 6.07) is 13.9. The highest BCUT2D eigenvalue weighted by Gasteiger charge is 2.14. The molecule has 1 amide bonds. The van der Waals surface area contributed by atoms with Crippen molar-refractivity contribution in [2.75, 3.05) is 12.4 Å². The van der Waals surface area contributed by atoms with Crippen molar-refractivity contribution < 1.29 is 14.3 Å². The molecule has 24 heavy (non-hydrogen) atoms. The standard InChI is InChI=1S/C18H15ClN2O3/c1-21-15-10-13(19)7-6-11(15)9-16(21)17(22)20-14-5-3-4-12(8-14)18(23)24-2/h3-10H,1-2H3,(H,20,22). The van der Waals surface area contributed by atoms with E-state index >= 15 is 0 Å². The zero-order valence-electron chi connectivity index (χ0n) is 13.2. The molecule has 0 fully saturated rings. The summed E-state index contributed by atoms with van der Waals surface area (Å²) in [7, 11) is 3.12. The van der Waals surface area contributed by atoms with Gasteiger partial charge in [0.2, 0.25) is 0 Å². The summed E-state index contributed by atoms with van der Waals surface area (Å²) >= 11 is 6.01. The number of hydrogen-bond donors (Lipinski definition) is 1. The SMILES string of the molecule is COC(=O)c1cccc(NC(=O)c2cc3ccc(Cl)cc3n2C)c1. The summed E-state index contributed by atoms with van der Waals surface area (Å²) in [5.41, 5.74) is 2.26. The quantitative estimate of drug-likeness (QED) is 0.735. The summed E-state index contributed by atoms with van der Waals surface area (Å²) in [6.07, 6.45) is 0. The van der Waals surface area contributed by atoms with Crippen molar-refractivity contribution in [1.82, 2.24) is 4.57 Å². The molecule has 0 radical (unpaired) electrons. The number of aromatic nitrogens is 1. The molecule has 0 spiro atoms. The van der Waals surface area contributed by atoms with Crippen LogP contribution in [0.3, 0.4) is 0 Å². The number of hydrogen-bond acceptors (Lipinski definition) is 3. The van der Waals surface area contributed by atoms with Crippen molar-refractivity contribution in [3.8, 4) is 0 Å². The number of carbonyl (C=O) groups is 2. The molecule has 2 aromatic carbocycles. The Labute approximate surface area is 143 Å². The van der Waals surface area contributed by atoms with Crippen LogP contribution in [-0.4, -0.2) is 23.6 Å². The largest absolute Gasteiger partial charge is 0.465 e. The predicted octanol–water partition coefficient (Wildman–Crippen LogP) is 3.87. The van der Waals surface area contributed by atoms with Gasteiger partial charge in [-0.2, -0.15) is 0 Å². The summed E-state index contributed by atoms with van der Waals surface area (Å²) in [4.78, 5) is 24.1. The van der Waals surface area contributed by atoms with Gasteiger partial charge < -0.3 is 14.6 Å². The molecule has 0 saturated carbocycles. The fourth-order valence-corrected chi connectivity index (χ4v) is 2.72. The minimum atomic E-state index is -0.453. The van der Waals surface area contributed by atoms with E-state index in [2.05, 4.69) is 10.1 Å². The highest BCUT2D eigenvalue weighted by Crippen LogP contribution is 2.23. The van der Waals surface area contributed by atoms with E-state index in [-0.39, 0.29) is 5.91 Å². The van der Waals surface area contributed by atoms with Crippen LogP contribution in [0.1, 0.15) is 20.8 Å². The lowest BCUT2D eigenvalue weighted by Gasteiger charge is -2.08. The van der Waals surface area contributed by atoms with Crippen molar-refractivity contribution in [3.63, 3.8) is 0 Å². The summed E-state index contributed by atoms with van der Waals surface area (Å²) in [5.74, 6) is -0.725. The number of fused-ring (bicyclic) bond motifs is 1. The zero-order valence-corrected chi connectivity index (χ0v) is 13.9. The predicted molar refractivity (Wildman–Crippen MR) is 93.7 cm³/mol. The van der Waals surface area contributed by atoms with Gasteiger partial charge >= 0.3 is 5.97 Å². The normalized spacial score (nSPS) is 10.6. The molecule has 1 N–H and O–H groups in total. The van der Waals surface area contributed by atoms with Gasteiger partial charge in [0.1, 0.15) is 5.69 Å². The molecular formula is C18H15ClN2O3. The van der Waals surface area contributed by atoms with Crippen LogP contribution in [-0.2, 0) is 11.8 Å². The molecule has 0 atom stereocenters. The van der Waals surface area contributed by atoms with Gasteiger partial charge in [0, 0.05) is 28.7 Å². The Morgan fingerprint density at radius 2 is 1.92 bits per heavy atom. The van der Waals surface area contributed by atoms with Gasteiger partial charge in [0.05, 0.1) is 12.7 Å². The van der Waals surface area contributed by atoms with Gasteiger partial charge in [0.15, 0.2) is 0 Å². The number of amides is 1. The van der Waals surface area contributed by atoms with E-state index in [0.29, 0.717) is 22.0 Å². The second-order valence-corrected chi connectivity index (χ2v) is 5.75. The number of benzene rings is 2. The molecule has 1 aromatic heterocycles. The summed E-state index contributed by atoms with van der Waals surface area (Å²) in [6.45, 7) is 0. The Hall–Kier alpha value is -2.79. The third-order valence-electron chi connectivity index (χ3n) is 3.78. The number of anilines is 1. The van der Waals surface area contributed by atoms with Crippen LogP contribution in [0.15, 0.2) is 48.5 Å². The van der Waals surface area contributed by atoms with Gasteiger partial charge in [-0.1, -0.05) is 23.7 Å². The van der Waals surface area contributed by atoms with Crippen molar-refractivity contribution in [1.29, 1.82) is 0 Å². The Kier molecular flexibility index (Phi) is 4.27. The van der Waals surface area contributed by atoms with Gasteiger partial charge in [-0.15, -0.1) is 0 Å². The van der Waals surface area contributed by atoms with Crippen LogP contribution in [0.2, 0.25) is 5.02 Å².